The normalized spacial score (nSPS) is 20.7. The van der Waals surface area contributed by atoms with Crippen molar-refractivity contribution in [1.82, 2.24) is 15.5 Å². The lowest BCUT2D eigenvalue weighted by atomic mass is 10.3. The van der Waals surface area contributed by atoms with Gasteiger partial charge in [0, 0.05) is 39.4 Å². The van der Waals surface area contributed by atoms with Crippen molar-refractivity contribution in [3.8, 4) is 0 Å². The second-order valence-electron chi connectivity index (χ2n) is 4.44. The molecule has 106 valence electrons. The average molecular weight is 275 g/mol. The molecule has 1 aliphatic rings. The molecule has 0 radical (unpaired) electrons. The summed E-state index contributed by atoms with van der Waals surface area (Å²) >= 11 is 5.20. The number of hydrogen-bond donors (Lipinski definition) is 2. The molecule has 18 heavy (non-hydrogen) atoms. The molecule has 5 nitrogen and oxygen atoms in total. The fourth-order valence-electron chi connectivity index (χ4n) is 1.78. The van der Waals surface area contributed by atoms with Gasteiger partial charge in [-0.3, -0.25) is 0 Å². The Kier molecular flexibility index (Phi) is 8.24. The lowest BCUT2D eigenvalue weighted by molar-refractivity contribution is -0.0160. The van der Waals surface area contributed by atoms with Gasteiger partial charge in [0.2, 0.25) is 0 Å². The zero-order valence-electron chi connectivity index (χ0n) is 11.4. The van der Waals surface area contributed by atoms with Crippen LogP contribution in [-0.4, -0.2) is 69.2 Å². The third kappa shape index (κ3) is 7.10. The summed E-state index contributed by atoms with van der Waals surface area (Å²) < 4.78 is 10.9. The number of nitrogens with zero attached hydrogens (tertiary/aromatic N) is 1. The summed E-state index contributed by atoms with van der Waals surface area (Å²) in [5.41, 5.74) is 0. The van der Waals surface area contributed by atoms with Crippen LogP contribution in [0.25, 0.3) is 0 Å². The van der Waals surface area contributed by atoms with Crippen LogP contribution in [-0.2, 0) is 9.47 Å². The van der Waals surface area contributed by atoms with Crippen molar-refractivity contribution in [2.75, 3.05) is 53.0 Å². The number of ether oxygens (including phenoxy) is 2. The SMILES string of the molecule is CCOCCCNC(=S)NCC1CN(C)CCO1. The van der Waals surface area contributed by atoms with Gasteiger partial charge >= 0.3 is 0 Å². The van der Waals surface area contributed by atoms with E-state index in [1.54, 1.807) is 0 Å². The average Bonchev–Trinajstić information content (AvgIpc) is 2.36. The molecule has 0 aromatic carbocycles. The number of likely N-dealkylation sites (N-methyl/N-ethyl adjacent to an activating group) is 1. The second-order valence-corrected chi connectivity index (χ2v) is 4.85. The lowest BCUT2D eigenvalue weighted by Crippen LogP contribution is -2.47. The van der Waals surface area contributed by atoms with Gasteiger partial charge in [0.1, 0.15) is 0 Å². The van der Waals surface area contributed by atoms with Crippen molar-refractivity contribution >= 4 is 17.3 Å². The lowest BCUT2D eigenvalue weighted by Gasteiger charge is -2.30. The van der Waals surface area contributed by atoms with Crippen molar-refractivity contribution in [3.63, 3.8) is 0 Å². The fraction of sp³-hybridized carbons (Fsp3) is 0.917. The van der Waals surface area contributed by atoms with E-state index >= 15 is 0 Å². The van der Waals surface area contributed by atoms with Gasteiger partial charge in [-0.15, -0.1) is 0 Å². The third-order valence-corrected chi connectivity index (χ3v) is 3.08. The molecule has 0 spiro atoms. The Morgan fingerprint density at radius 2 is 2.33 bits per heavy atom. The highest BCUT2D eigenvalue weighted by Gasteiger charge is 2.17. The van der Waals surface area contributed by atoms with Gasteiger partial charge in [-0.1, -0.05) is 0 Å². The van der Waals surface area contributed by atoms with Gasteiger partial charge in [-0.25, -0.2) is 0 Å². The van der Waals surface area contributed by atoms with E-state index in [2.05, 4.69) is 22.6 Å². The molecule has 0 aliphatic carbocycles. The predicted molar refractivity (Wildman–Crippen MR) is 77.0 cm³/mol. The molecule has 6 heteroatoms. The van der Waals surface area contributed by atoms with Crippen LogP contribution in [0.15, 0.2) is 0 Å². The monoisotopic (exact) mass is 275 g/mol. The van der Waals surface area contributed by atoms with E-state index in [0.717, 1.165) is 52.4 Å². The Morgan fingerprint density at radius 1 is 1.50 bits per heavy atom. The largest absolute Gasteiger partial charge is 0.382 e. The zero-order chi connectivity index (χ0) is 13.2. The van der Waals surface area contributed by atoms with Gasteiger partial charge in [0.15, 0.2) is 5.11 Å². The molecule has 2 N–H and O–H groups in total. The molecule has 0 saturated carbocycles. The number of morpholine rings is 1. The molecule has 1 aliphatic heterocycles. The predicted octanol–water partition coefficient (Wildman–Crippen LogP) is 0.208. The van der Waals surface area contributed by atoms with Crippen LogP contribution in [0.2, 0.25) is 0 Å². The zero-order valence-corrected chi connectivity index (χ0v) is 12.2. The van der Waals surface area contributed by atoms with Crippen LogP contribution in [0.3, 0.4) is 0 Å². The minimum absolute atomic E-state index is 0.229. The molecule has 1 heterocycles. The maximum Gasteiger partial charge on any atom is 0.166 e. The van der Waals surface area contributed by atoms with Crippen LogP contribution >= 0.6 is 12.2 Å². The highest BCUT2D eigenvalue weighted by atomic mass is 32.1. The fourth-order valence-corrected chi connectivity index (χ4v) is 1.97. The van der Waals surface area contributed by atoms with Crippen LogP contribution in [0.4, 0.5) is 0 Å². The number of nitrogens with one attached hydrogen (secondary N) is 2. The van der Waals surface area contributed by atoms with Crippen molar-refractivity contribution in [3.05, 3.63) is 0 Å². The van der Waals surface area contributed by atoms with Crippen molar-refractivity contribution in [1.29, 1.82) is 0 Å². The summed E-state index contributed by atoms with van der Waals surface area (Å²) in [6.45, 7) is 7.94. The minimum atomic E-state index is 0.229. The van der Waals surface area contributed by atoms with Crippen molar-refractivity contribution in [2.24, 2.45) is 0 Å². The highest BCUT2D eigenvalue weighted by molar-refractivity contribution is 7.80. The molecule has 1 fully saturated rings. The second kappa shape index (κ2) is 9.49. The van der Waals surface area contributed by atoms with Crippen LogP contribution in [0.1, 0.15) is 13.3 Å². The Morgan fingerprint density at radius 3 is 3.06 bits per heavy atom. The Bertz CT molecular complexity index is 241. The van der Waals surface area contributed by atoms with E-state index in [-0.39, 0.29) is 6.10 Å². The molecule has 1 saturated heterocycles. The first-order chi connectivity index (χ1) is 8.72. The quantitative estimate of drug-likeness (QED) is 0.511. The summed E-state index contributed by atoms with van der Waals surface area (Å²) in [7, 11) is 2.11. The molecule has 0 bridgehead atoms. The molecule has 0 amide bonds. The topological polar surface area (TPSA) is 45.8 Å². The Balaban J connectivity index is 1.99. The first kappa shape index (κ1) is 15.6. The van der Waals surface area contributed by atoms with Crippen LogP contribution in [0, 0.1) is 0 Å². The molecule has 0 aromatic heterocycles. The van der Waals surface area contributed by atoms with Gasteiger partial charge in [-0.05, 0) is 32.6 Å². The molecule has 1 unspecified atom stereocenters. The summed E-state index contributed by atoms with van der Waals surface area (Å²) in [5, 5.41) is 7.05. The Labute approximate surface area is 115 Å². The maximum atomic E-state index is 5.64. The van der Waals surface area contributed by atoms with Gasteiger partial charge in [-0.2, -0.15) is 0 Å². The molecule has 1 rings (SSSR count). The standard InChI is InChI=1S/C12H25N3O2S/c1-3-16-7-4-5-13-12(18)14-9-11-10-15(2)6-8-17-11/h11H,3-10H2,1-2H3,(H2,13,14,18). The molecular formula is C12H25N3O2S. The van der Waals surface area contributed by atoms with E-state index in [4.69, 9.17) is 21.7 Å². The maximum absolute atomic E-state index is 5.64. The highest BCUT2D eigenvalue weighted by Crippen LogP contribution is 2.01. The van der Waals surface area contributed by atoms with Gasteiger partial charge in [0.25, 0.3) is 0 Å². The first-order valence-corrected chi connectivity index (χ1v) is 7.02. The Hall–Kier alpha value is -0.430. The summed E-state index contributed by atoms with van der Waals surface area (Å²) in [4.78, 5) is 2.27. The van der Waals surface area contributed by atoms with Crippen LogP contribution < -0.4 is 10.6 Å². The third-order valence-electron chi connectivity index (χ3n) is 2.79. The minimum Gasteiger partial charge on any atom is -0.382 e. The summed E-state index contributed by atoms with van der Waals surface area (Å²) in [5.74, 6) is 0. The van der Waals surface area contributed by atoms with E-state index in [0.29, 0.717) is 5.11 Å². The van der Waals surface area contributed by atoms with Crippen LogP contribution in [0.5, 0.6) is 0 Å². The van der Waals surface area contributed by atoms with E-state index in [1.807, 2.05) is 6.92 Å². The number of rotatable bonds is 7. The first-order valence-electron chi connectivity index (χ1n) is 6.62. The van der Waals surface area contributed by atoms with Crippen molar-refractivity contribution < 1.29 is 9.47 Å². The van der Waals surface area contributed by atoms with E-state index in [1.165, 1.54) is 0 Å². The van der Waals surface area contributed by atoms with E-state index in [9.17, 15) is 0 Å². The summed E-state index contributed by atoms with van der Waals surface area (Å²) in [6, 6.07) is 0. The van der Waals surface area contributed by atoms with E-state index < -0.39 is 0 Å². The molecule has 0 aromatic rings. The van der Waals surface area contributed by atoms with Crippen molar-refractivity contribution in [2.45, 2.75) is 19.4 Å². The number of hydrogen-bond acceptors (Lipinski definition) is 4. The molecular weight excluding hydrogens is 250 g/mol. The van der Waals surface area contributed by atoms with Gasteiger partial charge in [0.05, 0.1) is 12.7 Å². The molecule has 1 atom stereocenters. The smallest absolute Gasteiger partial charge is 0.166 e. The summed E-state index contributed by atoms with van der Waals surface area (Å²) in [6.07, 6.45) is 1.20. The van der Waals surface area contributed by atoms with Gasteiger partial charge < -0.3 is 25.0 Å². The number of thiocarbonyl (C=S) groups is 1.